The number of Topliss-reactive ketones (excluding diaryl/α,β-unsaturated/α-hetero) is 1. The zero-order valence-corrected chi connectivity index (χ0v) is 20.6. The molecule has 0 aliphatic heterocycles. The lowest BCUT2D eigenvalue weighted by Crippen LogP contribution is -2.35. The third kappa shape index (κ3) is 7.26. The highest BCUT2D eigenvalue weighted by molar-refractivity contribution is 7.83. The minimum absolute atomic E-state index is 0.334. The predicted molar refractivity (Wildman–Crippen MR) is 131 cm³/mol. The van der Waals surface area contributed by atoms with Gasteiger partial charge in [-0.3, -0.25) is 9.35 Å². The van der Waals surface area contributed by atoms with E-state index in [1.54, 1.807) is 0 Å². The molecule has 0 saturated carbocycles. The number of hydrogen-bond acceptors (Lipinski definition) is 3. The molecule has 0 radical (unpaired) electrons. The van der Waals surface area contributed by atoms with Crippen molar-refractivity contribution in [1.29, 1.82) is 0 Å². The first kappa shape index (κ1) is 26.2. The zero-order valence-electron chi connectivity index (χ0n) is 19.8. The van der Waals surface area contributed by atoms with Gasteiger partial charge in [0.15, 0.2) is 5.78 Å². The van der Waals surface area contributed by atoms with E-state index >= 15 is 0 Å². The molecule has 1 unspecified atom stereocenters. The van der Waals surface area contributed by atoms with Crippen LogP contribution in [0.25, 0.3) is 0 Å². The van der Waals surface area contributed by atoms with Crippen LogP contribution in [-0.2, 0) is 36.0 Å². The van der Waals surface area contributed by atoms with Gasteiger partial charge in [0.1, 0.15) is 6.04 Å². The topological polar surface area (TPSA) is 83.5 Å². The summed E-state index contributed by atoms with van der Waals surface area (Å²) in [4.78, 5) is 13.8. The van der Waals surface area contributed by atoms with Crippen molar-refractivity contribution in [1.82, 2.24) is 4.72 Å². The maximum absolute atomic E-state index is 13.8. The number of ketones is 1. The monoisotopic (exact) mass is 459 g/mol. The Morgan fingerprint density at radius 2 is 1.31 bits per heavy atom. The first-order valence-electron chi connectivity index (χ1n) is 11.8. The normalized spacial score (nSPS) is 12.7. The zero-order chi connectivity index (χ0) is 23.7. The predicted octanol–water partition coefficient (Wildman–Crippen LogP) is 5.81. The van der Waals surface area contributed by atoms with Crippen LogP contribution in [0.3, 0.4) is 0 Å². The summed E-state index contributed by atoms with van der Waals surface area (Å²) >= 11 is 0. The summed E-state index contributed by atoms with van der Waals surface area (Å²) in [5.74, 6) is -0.334. The van der Waals surface area contributed by atoms with E-state index < -0.39 is 16.3 Å². The molecule has 5 nitrogen and oxygen atoms in total. The molecule has 2 rings (SSSR count). The van der Waals surface area contributed by atoms with Crippen LogP contribution in [0.4, 0.5) is 0 Å². The van der Waals surface area contributed by atoms with Crippen molar-refractivity contribution in [3.63, 3.8) is 0 Å². The molecule has 32 heavy (non-hydrogen) atoms. The molecule has 0 bridgehead atoms. The van der Waals surface area contributed by atoms with E-state index in [0.29, 0.717) is 11.1 Å². The summed E-state index contributed by atoms with van der Waals surface area (Å²) in [6.07, 6.45) is 6.78. The van der Waals surface area contributed by atoms with E-state index in [1.165, 1.54) is 0 Å². The van der Waals surface area contributed by atoms with E-state index in [1.807, 2.05) is 30.3 Å². The summed E-state index contributed by atoms with van der Waals surface area (Å²) in [5.41, 5.74) is 5.18. The molecule has 6 heteroatoms. The van der Waals surface area contributed by atoms with E-state index in [9.17, 15) is 17.8 Å². The number of rotatable bonds is 13. The maximum Gasteiger partial charge on any atom is 0.334 e. The summed E-state index contributed by atoms with van der Waals surface area (Å²) < 4.78 is 35.8. The van der Waals surface area contributed by atoms with E-state index in [2.05, 4.69) is 38.5 Å². The second-order valence-corrected chi connectivity index (χ2v) is 9.60. The van der Waals surface area contributed by atoms with Crippen molar-refractivity contribution in [2.45, 2.75) is 85.1 Å². The van der Waals surface area contributed by atoms with Crippen LogP contribution in [-0.4, -0.2) is 18.8 Å². The summed E-state index contributed by atoms with van der Waals surface area (Å²) in [6, 6.07) is 10.5. The molecule has 176 valence electrons. The van der Waals surface area contributed by atoms with Crippen LogP contribution < -0.4 is 4.72 Å². The number of benzene rings is 2. The van der Waals surface area contributed by atoms with Crippen LogP contribution in [0.15, 0.2) is 36.4 Å². The Kier molecular flexibility index (Phi) is 10.1. The molecular formula is C26H37NO4S. The van der Waals surface area contributed by atoms with E-state index in [0.717, 1.165) is 73.6 Å². The molecule has 0 amide bonds. The number of carbonyl (C=O) groups is 1. The fourth-order valence-corrected chi connectivity index (χ4v) is 4.86. The molecule has 2 aromatic rings. The average molecular weight is 460 g/mol. The fraction of sp³-hybridized carbons (Fsp3) is 0.500. The summed E-state index contributed by atoms with van der Waals surface area (Å²) in [7, 11) is -4.60. The smallest absolute Gasteiger partial charge is 0.292 e. The Morgan fingerprint density at radius 3 is 1.72 bits per heavy atom. The highest BCUT2D eigenvalue weighted by Crippen LogP contribution is 2.29. The van der Waals surface area contributed by atoms with E-state index in [-0.39, 0.29) is 5.78 Å². The van der Waals surface area contributed by atoms with Gasteiger partial charge < -0.3 is 0 Å². The van der Waals surface area contributed by atoms with Crippen molar-refractivity contribution in [3.8, 4) is 0 Å². The van der Waals surface area contributed by atoms with Crippen LogP contribution in [0.2, 0.25) is 0 Å². The highest BCUT2D eigenvalue weighted by Gasteiger charge is 2.30. The maximum atomic E-state index is 13.8. The molecule has 0 spiro atoms. The van der Waals surface area contributed by atoms with Crippen molar-refractivity contribution < 1.29 is 17.8 Å². The number of hydrogen-bond donors (Lipinski definition) is 2. The molecular weight excluding hydrogens is 422 g/mol. The molecule has 0 aromatic heterocycles. The van der Waals surface area contributed by atoms with Crippen LogP contribution >= 0.6 is 0 Å². The van der Waals surface area contributed by atoms with Gasteiger partial charge in [0, 0.05) is 5.56 Å². The molecule has 0 fully saturated rings. The second-order valence-electron chi connectivity index (χ2n) is 8.42. The van der Waals surface area contributed by atoms with Gasteiger partial charge in [0.25, 0.3) is 0 Å². The average Bonchev–Trinajstić information content (AvgIpc) is 2.72. The number of nitrogens with one attached hydrogen (secondary N) is 1. The third-order valence-electron chi connectivity index (χ3n) is 5.56. The first-order chi connectivity index (χ1) is 15.2. The van der Waals surface area contributed by atoms with Gasteiger partial charge in [0.2, 0.25) is 0 Å². The molecule has 1 atom stereocenters. The minimum Gasteiger partial charge on any atom is -0.292 e. The lowest BCUT2D eigenvalue weighted by atomic mass is 9.86. The highest BCUT2D eigenvalue weighted by atomic mass is 32.2. The van der Waals surface area contributed by atoms with Gasteiger partial charge in [-0.25, -0.2) is 0 Å². The standard InChI is InChI=1S/C26H37NO4S/c1-5-10-19-16-20(11-6-2)18-23(17-19)26(28)25(27-32(29,30)31)24-21(12-7-3)14-9-15-22(24)13-8-4/h9,14-18,25,27H,5-8,10-13H2,1-4H3,(H,29,30,31). The van der Waals surface area contributed by atoms with Crippen LogP contribution in [0.5, 0.6) is 0 Å². The lowest BCUT2D eigenvalue weighted by molar-refractivity contribution is 0.0951. The van der Waals surface area contributed by atoms with Crippen LogP contribution in [0.1, 0.15) is 97.6 Å². The van der Waals surface area contributed by atoms with E-state index in [4.69, 9.17) is 0 Å². The molecule has 2 N–H and O–H groups in total. The molecule has 0 aliphatic carbocycles. The lowest BCUT2D eigenvalue weighted by Gasteiger charge is -2.23. The third-order valence-corrected chi connectivity index (χ3v) is 6.09. The van der Waals surface area contributed by atoms with Gasteiger partial charge in [0.05, 0.1) is 0 Å². The van der Waals surface area contributed by atoms with Gasteiger partial charge in [-0.15, -0.1) is 0 Å². The first-order valence-corrected chi connectivity index (χ1v) is 13.2. The van der Waals surface area contributed by atoms with Crippen molar-refractivity contribution in [3.05, 3.63) is 69.8 Å². The minimum atomic E-state index is -4.60. The summed E-state index contributed by atoms with van der Waals surface area (Å²) in [6.45, 7) is 8.28. The SMILES string of the molecule is CCCc1cc(CCC)cc(C(=O)C(NS(=O)(=O)O)c2c(CCC)cccc2CCC)c1. The Hall–Kier alpha value is -2.02. The van der Waals surface area contributed by atoms with Gasteiger partial charge in [-0.2, -0.15) is 13.1 Å². The second kappa shape index (κ2) is 12.3. The molecule has 0 saturated heterocycles. The van der Waals surface area contributed by atoms with Gasteiger partial charge in [-0.1, -0.05) is 77.6 Å². The molecule has 0 heterocycles. The molecule has 2 aromatic carbocycles. The number of aryl methyl sites for hydroxylation is 4. The van der Waals surface area contributed by atoms with Gasteiger partial charge >= 0.3 is 10.3 Å². The van der Waals surface area contributed by atoms with Gasteiger partial charge in [-0.05, 0) is 65.6 Å². The fourth-order valence-electron chi connectivity index (χ4n) is 4.34. The number of carbonyl (C=O) groups excluding carboxylic acids is 1. The van der Waals surface area contributed by atoms with Crippen molar-refractivity contribution >= 4 is 16.1 Å². The van der Waals surface area contributed by atoms with Crippen molar-refractivity contribution in [2.24, 2.45) is 0 Å². The molecule has 0 aliphatic rings. The quantitative estimate of drug-likeness (QED) is 0.292. The Morgan fingerprint density at radius 1 is 0.844 bits per heavy atom. The Balaban J connectivity index is 2.68. The Bertz CT molecular complexity index is 966. The summed E-state index contributed by atoms with van der Waals surface area (Å²) in [5, 5.41) is 0. The largest absolute Gasteiger partial charge is 0.334 e. The van der Waals surface area contributed by atoms with Crippen molar-refractivity contribution in [2.75, 3.05) is 0 Å². The van der Waals surface area contributed by atoms with Crippen LogP contribution in [0, 0.1) is 0 Å². The Labute approximate surface area is 193 Å².